The zero-order valence-corrected chi connectivity index (χ0v) is 15.3. The minimum absolute atomic E-state index is 0.0148. The Bertz CT molecular complexity index is 828. The Morgan fingerprint density at radius 3 is 2.39 bits per heavy atom. The molecule has 1 aromatic carbocycles. The Morgan fingerprint density at radius 2 is 1.82 bits per heavy atom. The molecule has 8 heteroatoms. The van der Waals surface area contributed by atoms with Crippen LogP contribution < -0.4 is 10.6 Å². The summed E-state index contributed by atoms with van der Waals surface area (Å²) in [7, 11) is 0. The van der Waals surface area contributed by atoms with Crippen LogP contribution in [0.3, 0.4) is 0 Å². The molecule has 148 valence electrons. The molecular weight excluding hydrogens is 365 g/mol. The van der Waals surface area contributed by atoms with Gasteiger partial charge in [0, 0.05) is 37.7 Å². The van der Waals surface area contributed by atoms with Crippen LogP contribution in [-0.4, -0.2) is 42.3 Å². The largest absolute Gasteiger partial charge is 0.472 e. The summed E-state index contributed by atoms with van der Waals surface area (Å²) in [5, 5.41) is 0. The second-order valence-corrected chi connectivity index (χ2v) is 6.76. The summed E-state index contributed by atoms with van der Waals surface area (Å²) in [4.78, 5) is 39.8. The van der Waals surface area contributed by atoms with Crippen LogP contribution in [-0.2, 0) is 9.59 Å². The number of nitrogens with two attached hydrogens (primary N) is 1. The molecule has 0 saturated carbocycles. The Balaban J connectivity index is 1.66. The topological polar surface area (TPSA) is 96.9 Å². The summed E-state index contributed by atoms with van der Waals surface area (Å²) in [5.74, 6) is -1.48. The molecule has 0 spiro atoms. The Morgan fingerprint density at radius 1 is 1.14 bits per heavy atom. The van der Waals surface area contributed by atoms with Gasteiger partial charge >= 0.3 is 0 Å². The summed E-state index contributed by atoms with van der Waals surface area (Å²) in [6.45, 7) is 1.04. The first-order chi connectivity index (χ1) is 13.5. The molecule has 0 radical (unpaired) electrons. The second kappa shape index (κ2) is 8.69. The number of carbonyl (C=O) groups is 3. The lowest BCUT2D eigenvalue weighted by atomic mass is 9.94. The molecule has 1 aromatic heterocycles. The number of piperidine rings is 1. The van der Waals surface area contributed by atoms with E-state index in [1.165, 1.54) is 41.7 Å². The number of hydrogen-bond acceptors (Lipinski definition) is 4. The van der Waals surface area contributed by atoms with Crippen molar-refractivity contribution < 1.29 is 23.2 Å². The monoisotopic (exact) mass is 387 g/mol. The van der Waals surface area contributed by atoms with Crippen molar-refractivity contribution in [1.82, 2.24) is 4.90 Å². The second-order valence-electron chi connectivity index (χ2n) is 6.76. The van der Waals surface area contributed by atoms with E-state index in [1.54, 1.807) is 11.0 Å². The normalized spacial score (nSPS) is 14.7. The van der Waals surface area contributed by atoms with Gasteiger partial charge in [0.1, 0.15) is 12.1 Å². The molecule has 28 heavy (non-hydrogen) atoms. The highest BCUT2D eigenvalue weighted by Crippen LogP contribution is 2.25. The van der Waals surface area contributed by atoms with E-state index in [0.717, 1.165) is 0 Å². The molecule has 3 rings (SSSR count). The molecule has 0 bridgehead atoms. The van der Waals surface area contributed by atoms with Gasteiger partial charge in [-0.25, -0.2) is 4.39 Å². The van der Waals surface area contributed by atoms with E-state index in [-0.39, 0.29) is 30.7 Å². The van der Waals surface area contributed by atoms with Crippen LogP contribution in [0.1, 0.15) is 29.6 Å². The molecule has 0 unspecified atom stereocenters. The first kappa shape index (κ1) is 19.6. The molecular formula is C20H22FN3O4. The highest BCUT2D eigenvalue weighted by Gasteiger charge is 2.31. The molecule has 7 nitrogen and oxygen atoms in total. The van der Waals surface area contributed by atoms with Crippen molar-refractivity contribution in [2.75, 3.05) is 24.5 Å². The SMILES string of the molecule is NC(=O)CCN(C(=O)C1CCN(C(=O)c2ccoc2)CC1)c1ccc(F)cc1. The summed E-state index contributed by atoms with van der Waals surface area (Å²) < 4.78 is 18.2. The smallest absolute Gasteiger partial charge is 0.257 e. The van der Waals surface area contributed by atoms with Crippen LogP contribution in [0.2, 0.25) is 0 Å². The molecule has 2 aromatic rings. The van der Waals surface area contributed by atoms with Gasteiger partial charge in [0.2, 0.25) is 11.8 Å². The predicted molar refractivity (Wildman–Crippen MR) is 99.9 cm³/mol. The molecule has 3 amide bonds. The molecule has 1 fully saturated rings. The third-order valence-corrected chi connectivity index (χ3v) is 4.89. The summed E-state index contributed by atoms with van der Waals surface area (Å²) in [6, 6.07) is 7.16. The summed E-state index contributed by atoms with van der Waals surface area (Å²) in [5.41, 5.74) is 6.23. The van der Waals surface area contributed by atoms with Crippen LogP contribution >= 0.6 is 0 Å². The van der Waals surface area contributed by atoms with Gasteiger partial charge < -0.3 is 20.0 Å². The minimum atomic E-state index is -0.513. The number of rotatable bonds is 6. The van der Waals surface area contributed by atoms with E-state index in [2.05, 4.69) is 0 Å². The summed E-state index contributed by atoms with van der Waals surface area (Å²) in [6.07, 6.45) is 3.89. The molecule has 1 aliphatic rings. The molecule has 1 aliphatic heterocycles. The minimum Gasteiger partial charge on any atom is -0.472 e. The number of benzene rings is 1. The highest BCUT2D eigenvalue weighted by atomic mass is 19.1. The van der Waals surface area contributed by atoms with Crippen molar-refractivity contribution >= 4 is 23.4 Å². The van der Waals surface area contributed by atoms with Gasteiger partial charge in [0.25, 0.3) is 5.91 Å². The van der Waals surface area contributed by atoms with Crippen molar-refractivity contribution in [3.8, 4) is 0 Å². The molecule has 1 saturated heterocycles. The Hall–Kier alpha value is -3.16. The number of anilines is 1. The third kappa shape index (κ3) is 4.57. The molecule has 2 heterocycles. The van der Waals surface area contributed by atoms with Gasteiger partial charge in [-0.05, 0) is 43.2 Å². The van der Waals surface area contributed by atoms with E-state index in [9.17, 15) is 18.8 Å². The maximum absolute atomic E-state index is 13.2. The van der Waals surface area contributed by atoms with Gasteiger partial charge in [-0.15, -0.1) is 0 Å². The van der Waals surface area contributed by atoms with E-state index in [1.807, 2.05) is 0 Å². The van der Waals surface area contributed by atoms with E-state index < -0.39 is 11.7 Å². The van der Waals surface area contributed by atoms with Gasteiger partial charge in [-0.1, -0.05) is 0 Å². The van der Waals surface area contributed by atoms with Gasteiger partial charge in [-0.3, -0.25) is 14.4 Å². The predicted octanol–water partition coefficient (Wildman–Crippen LogP) is 2.18. The number of carbonyl (C=O) groups excluding carboxylic acids is 3. The van der Waals surface area contributed by atoms with E-state index in [4.69, 9.17) is 10.2 Å². The van der Waals surface area contributed by atoms with Crippen LogP contribution in [0, 0.1) is 11.7 Å². The van der Waals surface area contributed by atoms with Crippen molar-refractivity contribution in [3.63, 3.8) is 0 Å². The molecule has 0 aliphatic carbocycles. The quantitative estimate of drug-likeness (QED) is 0.822. The lowest BCUT2D eigenvalue weighted by Gasteiger charge is -2.34. The number of likely N-dealkylation sites (tertiary alicyclic amines) is 1. The maximum Gasteiger partial charge on any atom is 0.257 e. The number of amides is 3. The third-order valence-electron chi connectivity index (χ3n) is 4.89. The number of hydrogen-bond donors (Lipinski definition) is 1. The van der Waals surface area contributed by atoms with E-state index in [0.29, 0.717) is 37.2 Å². The lowest BCUT2D eigenvalue weighted by molar-refractivity contribution is -0.123. The standard InChI is InChI=1S/C20H22FN3O4/c21-16-1-3-17(4-2-16)24(11-7-18(22)25)20(27)14-5-9-23(10-6-14)19(26)15-8-12-28-13-15/h1-4,8,12-14H,5-7,9-11H2,(H2,22,25). The fraction of sp³-hybridized carbons (Fsp3) is 0.350. The number of furan rings is 1. The van der Waals surface area contributed by atoms with Crippen molar-refractivity contribution in [2.45, 2.75) is 19.3 Å². The Kier molecular flexibility index (Phi) is 6.08. The number of nitrogens with zero attached hydrogens (tertiary/aromatic N) is 2. The summed E-state index contributed by atoms with van der Waals surface area (Å²) >= 11 is 0. The fourth-order valence-corrected chi connectivity index (χ4v) is 3.33. The van der Waals surface area contributed by atoms with Crippen molar-refractivity contribution in [1.29, 1.82) is 0 Å². The Labute approximate surface area is 161 Å². The highest BCUT2D eigenvalue weighted by molar-refractivity contribution is 5.96. The van der Waals surface area contributed by atoms with Crippen LogP contribution in [0.4, 0.5) is 10.1 Å². The molecule has 2 N–H and O–H groups in total. The zero-order chi connectivity index (χ0) is 20.1. The van der Waals surface area contributed by atoms with Crippen LogP contribution in [0.25, 0.3) is 0 Å². The average Bonchev–Trinajstić information content (AvgIpc) is 3.23. The van der Waals surface area contributed by atoms with Crippen LogP contribution in [0.15, 0.2) is 47.3 Å². The number of primary amides is 1. The first-order valence-corrected chi connectivity index (χ1v) is 9.12. The zero-order valence-electron chi connectivity index (χ0n) is 15.3. The van der Waals surface area contributed by atoms with Crippen molar-refractivity contribution in [3.05, 3.63) is 54.2 Å². The van der Waals surface area contributed by atoms with Crippen molar-refractivity contribution in [2.24, 2.45) is 11.7 Å². The number of halogens is 1. The van der Waals surface area contributed by atoms with Crippen LogP contribution in [0.5, 0.6) is 0 Å². The van der Waals surface area contributed by atoms with Gasteiger partial charge in [0.15, 0.2) is 0 Å². The average molecular weight is 387 g/mol. The lowest BCUT2D eigenvalue weighted by Crippen LogP contribution is -2.45. The van der Waals surface area contributed by atoms with Gasteiger partial charge in [0.05, 0.1) is 11.8 Å². The van der Waals surface area contributed by atoms with E-state index >= 15 is 0 Å². The molecule has 0 atom stereocenters. The fourth-order valence-electron chi connectivity index (χ4n) is 3.33. The van der Waals surface area contributed by atoms with Gasteiger partial charge in [-0.2, -0.15) is 0 Å². The first-order valence-electron chi connectivity index (χ1n) is 9.12. The maximum atomic E-state index is 13.2.